The first kappa shape index (κ1) is 12.8. The molecule has 1 saturated heterocycles. The van der Waals surface area contributed by atoms with Gasteiger partial charge in [-0.1, -0.05) is 6.42 Å². The molecule has 2 fully saturated rings. The van der Waals surface area contributed by atoms with Gasteiger partial charge < -0.3 is 10.1 Å². The lowest BCUT2D eigenvalue weighted by molar-refractivity contribution is -0.145. The minimum atomic E-state index is -0.0779. The Morgan fingerprint density at radius 3 is 2.88 bits per heavy atom. The summed E-state index contributed by atoms with van der Waals surface area (Å²) in [5.41, 5.74) is 0. The van der Waals surface area contributed by atoms with Crippen LogP contribution < -0.4 is 5.32 Å². The van der Waals surface area contributed by atoms with E-state index in [1.165, 1.54) is 32.1 Å². The Bertz CT molecular complexity index is 254. The average molecular weight is 240 g/mol. The van der Waals surface area contributed by atoms with Crippen molar-refractivity contribution < 1.29 is 9.53 Å². The molecule has 0 amide bonds. The first-order valence-corrected chi connectivity index (χ1v) is 6.92. The maximum absolute atomic E-state index is 11.5. The topological polar surface area (TPSA) is 41.6 Å². The van der Waals surface area contributed by atoms with Crippen molar-refractivity contribution in [2.24, 2.45) is 0 Å². The fourth-order valence-corrected chi connectivity index (χ4v) is 2.46. The van der Waals surface area contributed by atoms with Gasteiger partial charge >= 0.3 is 5.97 Å². The van der Waals surface area contributed by atoms with E-state index in [-0.39, 0.29) is 5.97 Å². The van der Waals surface area contributed by atoms with Crippen LogP contribution in [0.5, 0.6) is 0 Å². The number of hydrogen-bond donors (Lipinski definition) is 1. The quantitative estimate of drug-likeness (QED) is 0.707. The molecule has 2 rings (SSSR count). The van der Waals surface area contributed by atoms with Crippen molar-refractivity contribution in [3.05, 3.63) is 0 Å². The summed E-state index contributed by atoms with van der Waals surface area (Å²) in [7, 11) is 0. The number of ether oxygens (including phenoxy) is 1. The van der Waals surface area contributed by atoms with Crippen LogP contribution in [0.15, 0.2) is 0 Å². The van der Waals surface area contributed by atoms with Crippen LogP contribution in [-0.2, 0) is 9.53 Å². The van der Waals surface area contributed by atoms with Gasteiger partial charge in [-0.3, -0.25) is 9.69 Å². The standard InChI is InChI=1S/C13H24N2O2/c1-2-17-13(16)10-15-8-4-3-5-12(15)9-14-11-6-7-11/h11-12,14H,2-10H2,1H3. The first-order valence-electron chi connectivity index (χ1n) is 6.92. The largest absolute Gasteiger partial charge is 0.465 e. The van der Waals surface area contributed by atoms with Gasteiger partial charge in [-0.15, -0.1) is 0 Å². The monoisotopic (exact) mass is 240 g/mol. The summed E-state index contributed by atoms with van der Waals surface area (Å²) in [5, 5.41) is 3.57. The highest BCUT2D eigenvalue weighted by Crippen LogP contribution is 2.21. The number of piperidine rings is 1. The Labute approximate surface area is 104 Å². The second-order valence-corrected chi connectivity index (χ2v) is 5.11. The molecule has 17 heavy (non-hydrogen) atoms. The maximum Gasteiger partial charge on any atom is 0.320 e. The van der Waals surface area contributed by atoms with Crippen molar-refractivity contribution in [2.75, 3.05) is 26.2 Å². The van der Waals surface area contributed by atoms with Crippen molar-refractivity contribution in [2.45, 2.75) is 51.1 Å². The van der Waals surface area contributed by atoms with Crippen LogP contribution >= 0.6 is 0 Å². The fourth-order valence-electron chi connectivity index (χ4n) is 2.46. The second-order valence-electron chi connectivity index (χ2n) is 5.11. The molecule has 4 heteroatoms. The SMILES string of the molecule is CCOC(=O)CN1CCCCC1CNC1CC1. The predicted octanol–water partition coefficient (Wildman–Crippen LogP) is 1.16. The minimum Gasteiger partial charge on any atom is -0.465 e. The zero-order valence-corrected chi connectivity index (χ0v) is 10.8. The Morgan fingerprint density at radius 2 is 2.18 bits per heavy atom. The Kier molecular flexibility index (Phi) is 4.80. The minimum absolute atomic E-state index is 0.0779. The van der Waals surface area contributed by atoms with Crippen LogP contribution in [0.2, 0.25) is 0 Å². The highest BCUT2D eigenvalue weighted by molar-refractivity contribution is 5.71. The number of likely N-dealkylation sites (tertiary alicyclic amines) is 1. The molecule has 1 saturated carbocycles. The lowest BCUT2D eigenvalue weighted by Gasteiger charge is -2.35. The van der Waals surface area contributed by atoms with Crippen LogP contribution in [0.1, 0.15) is 39.0 Å². The highest BCUT2D eigenvalue weighted by Gasteiger charge is 2.27. The van der Waals surface area contributed by atoms with Gasteiger partial charge in [0.25, 0.3) is 0 Å². The maximum atomic E-state index is 11.5. The zero-order valence-electron chi connectivity index (χ0n) is 10.8. The Morgan fingerprint density at radius 1 is 1.35 bits per heavy atom. The summed E-state index contributed by atoms with van der Waals surface area (Å²) >= 11 is 0. The zero-order chi connectivity index (χ0) is 12.1. The van der Waals surface area contributed by atoms with Crippen molar-refractivity contribution >= 4 is 5.97 Å². The van der Waals surface area contributed by atoms with Gasteiger partial charge in [0, 0.05) is 18.6 Å². The van der Waals surface area contributed by atoms with E-state index in [1.54, 1.807) is 0 Å². The van der Waals surface area contributed by atoms with E-state index in [0.29, 0.717) is 19.2 Å². The van der Waals surface area contributed by atoms with Crippen LogP contribution in [0, 0.1) is 0 Å². The van der Waals surface area contributed by atoms with Gasteiger partial charge in [-0.2, -0.15) is 0 Å². The molecule has 1 aliphatic heterocycles. The van der Waals surface area contributed by atoms with Gasteiger partial charge in [0.05, 0.1) is 13.2 Å². The molecule has 0 radical (unpaired) electrons. The normalized spacial score (nSPS) is 25.8. The molecule has 0 spiro atoms. The highest BCUT2D eigenvalue weighted by atomic mass is 16.5. The van der Waals surface area contributed by atoms with E-state index < -0.39 is 0 Å². The van der Waals surface area contributed by atoms with E-state index in [0.717, 1.165) is 19.1 Å². The molecular weight excluding hydrogens is 216 g/mol. The summed E-state index contributed by atoms with van der Waals surface area (Å²) in [6.07, 6.45) is 6.35. The van der Waals surface area contributed by atoms with E-state index >= 15 is 0 Å². The summed E-state index contributed by atoms with van der Waals surface area (Å²) < 4.78 is 5.03. The van der Waals surface area contributed by atoms with Crippen LogP contribution in [0.4, 0.5) is 0 Å². The summed E-state index contributed by atoms with van der Waals surface area (Å²) in [5.74, 6) is -0.0779. The lowest BCUT2D eigenvalue weighted by Crippen LogP contribution is -2.48. The predicted molar refractivity (Wildman–Crippen MR) is 66.9 cm³/mol. The summed E-state index contributed by atoms with van der Waals surface area (Å²) in [6.45, 7) is 4.88. The number of hydrogen-bond acceptors (Lipinski definition) is 4. The van der Waals surface area contributed by atoms with E-state index in [4.69, 9.17) is 4.74 Å². The third-order valence-electron chi connectivity index (χ3n) is 3.61. The molecule has 0 bridgehead atoms. The molecule has 0 aromatic rings. The first-order chi connectivity index (χ1) is 8.29. The van der Waals surface area contributed by atoms with Crippen molar-refractivity contribution in [3.63, 3.8) is 0 Å². The van der Waals surface area contributed by atoms with Crippen LogP contribution in [0.3, 0.4) is 0 Å². The Hall–Kier alpha value is -0.610. The summed E-state index contributed by atoms with van der Waals surface area (Å²) in [6, 6.07) is 1.27. The van der Waals surface area contributed by atoms with E-state index in [2.05, 4.69) is 10.2 Å². The van der Waals surface area contributed by atoms with Gasteiger partial charge in [0.1, 0.15) is 0 Å². The molecule has 1 atom stereocenters. The van der Waals surface area contributed by atoms with Gasteiger partial charge in [0.15, 0.2) is 0 Å². The number of esters is 1. The smallest absolute Gasteiger partial charge is 0.320 e. The second kappa shape index (κ2) is 6.36. The van der Waals surface area contributed by atoms with Crippen LogP contribution in [-0.4, -0.2) is 49.2 Å². The lowest BCUT2D eigenvalue weighted by atomic mass is 10.0. The fraction of sp³-hybridized carbons (Fsp3) is 0.923. The number of nitrogens with one attached hydrogen (secondary N) is 1. The molecule has 1 unspecified atom stereocenters. The van der Waals surface area contributed by atoms with Crippen molar-refractivity contribution in [1.29, 1.82) is 0 Å². The Balaban J connectivity index is 1.75. The number of nitrogens with zero attached hydrogens (tertiary/aromatic N) is 1. The van der Waals surface area contributed by atoms with E-state index in [9.17, 15) is 4.79 Å². The third kappa shape index (κ3) is 4.28. The summed E-state index contributed by atoms with van der Waals surface area (Å²) in [4.78, 5) is 13.8. The molecule has 0 aromatic heterocycles. The molecular formula is C13H24N2O2. The molecule has 1 N–H and O–H groups in total. The van der Waals surface area contributed by atoms with Gasteiger partial charge in [-0.05, 0) is 39.2 Å². The van der Waals surface area contributed by atoms with E-state index in [1.807, 2.05) is 6.92 Å². The van der Waals surface area contributed by atoms with Crippen molar-refractivity contribution in [1.82, 2.24) is 10.2 Å². The number of rotatable bonds is 6. The third-order valence-corrected chi connectivity index (χ3v) is 3.61. The molecule has 1 aliphatic carbocycles. The molecule has 0 aromatic carbocycles. The number of carbonyl (C=O) groups excluding carboxylic acids is 1. The molecule has 2 aliphatic rings. The number of carbonyl (C=O) groups is 1. The average Bonchev–Trinajstić information content (AvgIpc) is 3.12. The van der Waals surface area contributed by atoms with Gasteiger partial charge in [0.2, 0.25) is 0 Å². The van der Waals surface area contributed by atoms with Crippen LogP contribution in [0.25, 0.3) is 0 Å². The molecule has 98 valence electrons. The van der Waals surface area contributed by atoms with Crippen molar-refractivity contribution in [3.8, 4) is 0 Å². The molecule has 1 heterocycles. The van der Waals surface area contributed by atoms with Gasteiger partial charge in [-0.25, -0.2) is 0 Å². The molecule has 4 nitrogen and oxygen atoms in total.